The predicted octanol–water partition coefficient (Wildman–Crippen LogP) is 3.71. The van der Waals surface area contributed by atoms with Crippen LogP contribution in [0, 0.1) is 17.8 Å². The zero-order valence-corrected chi connectivity index (χ0v) is 11.3. The highest BCUT2D eigenvalue weighted by molar-refractivity contribution is 5.87. The minimum atomic E-state index is -0.196. The summed E-state index contributed by atoms with van der Waals surface area (Å²) >= 11 is 0. The summed E-state index contributed by atoms with van der Waals surface area (Å²) in [6.07, 6.45) is 5.97. The van der Waals surface area contributed by atoms with Crippen molar-refractivity contribution >= 4 is 5.97 Å². The van der Waals surface area contributed by atoms with Crippen LogP contribution in [0.25, 0.3) is 0 Å². The summed E-state index contributed by atoms with van der Waals surface area (Å²) in [5.74, 6) is 1.64. The van der Waals surface area contributed by atoms with Crippen molar-refractivity contribution in [2.24, 2.45) is 17.8 Å². The molecule has 2 rings (SSSR count). The van der Waals surface area contributed by atoms with Gasteiger partial charge in [-0.2, -0.15) is 0 Å². The van der Waals surface area contributed by atoms with E-state index in [2.05, 4.69) is 20.4 Å². The van der Waals surface area contributed by atoms with Gasteiger partial charge in [-0.05, 0) is 56.8 Å². The Balaban J connectivity index is 2.20. The van der Waals surface area contributed by atoms with Crippen LogP contribution in [0.2, 0.25) is 0 Å². The Hall–Kier alpha value is -0.790. The second-order valence-electron chi connectivity index (χ2n) is 6.01. The lowest BCUT2D eigenvalue weighted by Crippen LogP contribution is -2.46. The molecular weight excluding hydrogens is 212 g/mol. The van der Waals surface area contributed by atoms with Crippen molar-refractivity contribution in [1.29, 1.82) is 0 Å². The SMILES string of the molecule is C=C(C)C(=O)O[C@]1(C(C)CC)CC2CCC1C2. The lowest BCUT2D eigenvalue weighted by Gasteiger charge is -2.42. The molecule has 2 aliphatic rings. The average molecular weight is 236 g/mol. The van der Waals surface area contributed by atoms with E-state index in [0.717, 1.165) is 18.8 Å². The number of hydrogen-bond donors (Lipinski definition) is 0. The third-order valence-corrected chi connectivity index (χ3v) is 4.92. The van der Waals surface area contributed by atoms with Gasteiger partial charge in [0.25, 0.3) is 0 Å². The fourth-order valence-corrected chi connectivity index (χ4v) is 3.76. The van der Waals surface area contributed by atoms with E-state index in [0.29, 0.717) is 17.4 Å². The predicted molar refractivity (Wildman–Crippen MR) is 68.5 cm³/mol. The summed E-state index contributed by atoms with van der Waals surface area (Å²) in [5.41, 5.74) is 0.337. The minimum absolute atomic E-state index is 0.187. The summed E-state index contributed by atoms with van der Waals surface area (Å²) in [6, 6.07) is 0. The molecule has 0 N–H and O–H groups in total. The van der Waals surface area contributed by atoms with Gasteiger partial charge in [-0.25, -0.2) is 4.79 Å². The van der Waals surface area contributed by atoms with Crippen LogP contribution in [0.15, 0.2) is 12.2 Å². The molecule has 0 radical (unpaired) electrons. The molecule has 0 amide bonds. The smallest absolute Gasteiger partial charge is 0.333 e. The van der Waals surface area contributed by atoms with Gasteiger partial charge in [0.05, 0.1) is 0 Å². The van der Waals surface area contributed by atoms with E-state index in [1.165, 1.54) is 19.3 Å². The van der Waals surface area contributed by atoms with Crippen molar-refractivity contribution < 1.29 is 9.53 Å². The van der Waals surface area contributed by atoms with E-state index >= 15 is 0 Å². The van der Waals surface area contributed by atoms with Crippen LogP contribution in [0.5, 0.6) is 0 Å². The fourth-order valence-electron chi connectivity index (χ4n) is 3.76. The van der Waals surface area contributed by atoms with Crippen molar-refractivity contribution in [3.63, 3.8) is 0 Å². The maximum absolute atomic E-state index is 11.9. The Morgan fingerprint density at radius 2 is 2.24 bits per heavy atom. The molecular formula is C15H24O2. The van der Waals surface area contributed by atoms with Crippen LogP contribution in [-0.4, -0.2) is 11.6 Å². The van der Waals surface area contributed by atoms with Gasteiger partial charge in [-0.1, -0.05) is 20.4 Å². The highest BCUT2D eigenvalue weighted by Gasteiger charge is 2.55. The monoisotopic (exact) mass is 236 g/mol. The normalized spacial score (nSPS) is 36.9. The summed E-state index contributed by atoms with van der Waals surface area (Å²) in [4.78, 5) is 11.9. The third kappa shape index (κ3) is 2.02. The summed E-state index contributed by atoms with van der Waals surface area (Å²) in [7, 11) is 0. The zero-order chi connectivity index (χ0) is 12.6. The van der Waals surface area contributed by atoms with E-state index in [-0.39, 0.29) is 11.6 Å². The quantitative estimate of drug-likeness (QED) is 0.549. The van der Waals surface area contributed by atoms with Crippen LogP contribution >= 0.6 is 0 Å². The lowest BCUT2D eigenvalue weighted by atomic mass is 9.74. The second-order valence-corrected chi connectivity index (χ2v) is 6.01. The van der Waals surface area contributed by atoms with Crippen molar-refractivity contribution in [3.05, 3.63) is 12.2 Å². The highest BCUT2D eigenvalue weighted by Crippen LogP contribution is 2.56. The first-order valence-electron chi connectivity index (χ1n) is 6.88. The molecule has 0 saturated heterocycles. The number of fused-ring (bicyclic) bond motifs is 2. The topological polar surface area (TPSA) is 26.3 Å². The van der Waals surface area contributed by atoms with Gasteiger partial charge in [-0.3, -0.25) is 0 Å². The van der Waals surface area contributed by atoms with E-state index in [1.807, 2.05) is 0 Å². The van der Waals surface area contributed by atoms with Crippen LogP contribution in [-0.2, 0) is 9.53 Å². The first-order chi connectivity index (χ1) is 7.99. The second kappa shape index (κ2) is 4.47. The first-order valence-corrected chi connectivity index (χ1v) is 6.88. The van der Waals surface area contributed by atoms with Crippen molar-refractivity contribution in [2.45, 2.75) is 58.5 Å². The van der Waals surface area contributed by atoms with Gasteiger partial charge in [0.1, 0.15) is 5.60 Å². The Morgan fingerprint density at radius 1 is 1.53 bits per heavy atom. The molecule has 2 bridgehead atoms. The molecule has 0 aromatic carbocycles. The minimum Gasteiger partial charge on any atom is -0.455 e. The van der Waals surface area contributed by atoms with Gasteiger partial charge < -0.3 is 4.74 Å². The first kappa shape index (κ1) is 12.7. The van der Waals surface area contributed by atoms with Crippen LogP contribution in [0.3, 0.4) is 0 Å². The Bertz CT molecular complexity index is 334. The standard InChI is InChI=1S/C15H24O2/c1-5-11(4)15(17-14(16)10(2)3)9-12-6-7-13(15)8-12/h11-13H,2,5-9H2,1,3-4H3/t11?,12?,13?,15-/m0/s1. The van der Waals surface area contributed by atoms with Gasteiger partial charge in [0.2, 0.25) is 0 Å². The molecule has 2 heteroatoms. The van der Waals surface area contributed by atoms with Crippen LogP contribution in [0.4, 0.5) is 0 Å². The Kier molecular flexibility index (Phi) is 3.33. The van der Waals surface area contributed by atoms with Gasteiger partial charge in [0, 0.05) is 5.57 Å². The molecule has 2 nitrogen and oxygen atoms in total. The van der Waals surface area contributed by atoms with E-state index in [1.54, 1.807) is 6.92 Å². The van der Waals surface area contributed by atoms with E-state index < -0.39 is 0 Å². The van der Waals surface area contributed by atoms with E-state index in [4.69, 9.17) is 4.74 Å². The number of esters is 1. The molecule has 0 spiro atoms. The van der Waals surface area contributed by atoms with Crippen molar-refractivity contribution in [3.8, 4) is 0 Å². The molecule has 0 aromatic rings. The molecule has 2 saturated carbocycles. The zero-order valence-electron chi connectivity index (χ0n) is 11.3. The van der Waals surface area contributed by atoms with Crippen molar-refractivity contribution in [1.82, 2.24) is 0 Å². The maximum atomic E-state index is 11.9. The summed E-state index contributed by atoms with van der Waals surface area (Å²) in [5, 5.41) is 0. The molecule has 0 aromatic heterocycles. The number of carbonyl (C=O) groups is 1. The molecule has 17 heavy (non-hydrogen) atoms. The fraction of sp³-hybridized carbons (Fsp3) is 0.800. The number of ether oxygens (including phenoxy) is 1. The van der Waals surface area contributed by atoms with Gasteiger partial charge in [-0.15, -0.1) is 0 Å². The average Bonchev–Trinajstić information content (AvgIpc) is 2.88. The van der Waals surface area contributed by atoms with E-state index in [9.17, 15) is 4.79 Å². The molecule has 0 heterocycles. The number of hydrogen-bond acceptors (Lipinski definition) is 2. The molecule has 2 fully saturated rings. The van der Waals surface area contributed by atoms with Crippen molar-refractivity contribution in [2.75, 3.05) is 0 Å². The molecule has 96 valence electrons. The number of carbonyl (C=O) groups excluding carboxylic acids is 1. The summed E-state index contributed by atoms with van der Waals surface area (Å²) < 4.78 is 5.91. The van der Waals surface area contributed by atoms with Crippen LogP contribution in [0.1, 0.15) is 52.9 Å². The Labute approximate surface area is 104 Å². The largest absolute Gasteiger partial charge is 0.455 e. The third-order valence-electron chi connectivity index (χ3n) is 4.92. The highest BCUT2D eigenvalue weighted by atomic mass is 16.6. The number of rotatable bonds is 4. The maximum Gasteiger partial charge on any atom is 0.333 e. The molecule has 4 atom stereocenters. The Morgan fingerprint density at radius 3 is 2.65 bits per heavy atom. The van der Waals surface area contributed by atoms with Crippen LogP contribution < -0.4 is 0 Å². The molecule has 3 unspecified atom stereocenters. The molecule has 2 aliphatic carbocycles. The summed E-state index contributed by atoms with van der Waals surface area (Å²) in [6.45, 7) is 9.85. The lowest BCUT2D eigenvalue weighted by molar-refractivity contribution is -0.169. The van der Waals surface area contributed by atoms with Gasteiger partial charge in [0.15, 0.2) is 0 Å². The van der Waals surface area contributed by atoms with Gasteiger partial charge >= 0.3 is 5.97 Å². The molecule has 0 aliphatic heterocycles.